The molecule has 1 amide bonds. The van der Waals surface area contributed by atoms with Crippen molar-refractivity contribution in [3.63, 3.8) is 0 Å². The molecule has 0 fully saturated rings. The maximum atomic E-state index is 12.0. The van der Waals surface area contributed by atoms with Crippen LogP contribution in [0.5, 0.6) is 0 Å². The minimum absolute atomic E-state index is 0.147. The van der Waals surface area contributed by atoms with Crippen molar-refractivity contribution >= 4 is 11.6 Å². The lowest BCUT2D eigenvalue weighted by molar-refractivity contribution is -0.121. The van der Waals surface area contributed by atoms with Crippen LogP contribution in [0.2, 0.25) is 0 Å². The first-order chi connectivity index (χ1) is 7.92. The maximum Gasteiger partial charge on any atom is 0.244 e. The summed E-state index contributed by atoms with van der Waals surface area (Å²) in [6, 6.07) is 0.278. The molecule has 1 aromatic rings. The van der Waals surface area contributed by atoms with Crippen LogP contribution in [0.15, 0.2) is 12.4 Å². The van der Waals surface area contributed by atoms with E-state index in [0.717, 1.165) is 0 Å². The molecule has 0 aliphatic rings. The van der Waals surface area contributed by atoms with Gasteiger partial charge >= 0.3 is 0 Å². The largest absolute Gasteiger partial charge is 0.322 e. The SMILES string of the molecule is CCC(N)(CC)C(=O)Nc1cnn(C(C)C)c1. The summed E-state index contributed by atoms with van der Waals surface area (Å²) in [6.45, 7) is 7.90. The zero-order chi connectivity index (χ0) is 13.1. The molecule has 0 radical (unpaired) electrons. The number of carbonyl (C=O) groups is 1. The van der Waals surface area contributed by atoms with E-state index in [1.54, 1.807) is 10.9 Å². The molecule has 5 nitrogen and oxygen atoms in total. The van der Waals surface area contributed by atoms with Gasteiger partial charge in [0.15, 0.2) is 0 Å². The van der Waals surface area contributed by atoms with Crippen LogP contribution in [0.1, 0.15) is 46.6 Å². The third kappa shape index (κ3) is 3.06. The van der Waals surface area contributed by atoms with Gasteiger partial charge in [-0.15, -0.1) is 0 Å². The van der Waals surface area contributed by atoms with Crippen molar-refractivity contribution in [3.8, 4) is 0 Å². The van der Waals surface area contributed by atoms with Gasteiger partial charge in [0.25, 0.3) is 0 Å². The lowest BCUT2D eigenvalue weighted by atomic mass is 9.93. The second kappa shape index (κ2) is 5.31. The van der Waals surface area contributed by atoms with Crippen molar-refractivity contribution in [1.82, 2.24) is 9.78 Å². The van der Waals surface area contributed by atoms with Crippen LogP contribution >= 0.6 is 0 Å². The van der Waals surface area contributed by atoms with Crippen molar-refractivity contribution in [3.05, 3.63) is 12.4 Å². The van der Waals surface area contributed by atoms with Gasteiger partial charge in [-0.2, -0.15) is 5.10 Å². The molecular formula is C12H22N4O. The van der Waals surface area contributed by atoms with Crippen LogP contribution in [0.3, 0.4) is 0 Å². The molecule has 0 saturated heterocycles. The summed E-state index contributed by atoms with van der Waals surface area (Å²) in [5.41, 5.74) is 5.92. The Balaban J connectivity index is 2.74. The molecule has 0 aliphatic carbocycles. The molecule has 0 saturated carbocycles. The topological polar surface area (TPSA) is 72.9 Å². The number of rotatable bonds is 5. The first kappa shape index (κ1) is 13.7. The first-order valence-corrected chi connectivity index (χ1v) is 6.07. The standard InChI is InChI=1S/C12H22N4O/c1-5-12(13,6-2)11(17)15-10-7-14-16(8-10)9(3)4/h7-9H,5-6,13H2,1-4H3,(H,15,17). The van der Waals surface area contributed by atoms with E-state index >= 15 is 0 Å². The highest BCUT2D eigenvalue weighted by molar-refractivity contribution is 5.97. The summed E-state index contributed by atoms with van der Waals surface area (Å²) in [4.78, 5) is 12.0. The van der Waals surface area contributed by atoms with Crippen molar-refractivity contribution in [2.75, 3.05) is 5.32 Å². The average molecular weight is 238 g/mol. The van der Waals surface area contributed by atoms with Crippen LogP contribution < -0.4 is 11.1 Å². The van der Waals surface area contributed by atoms with Crippen LogP contribution in [0.4, 0.5) is 5.69 Å². The van der Waals surface area contributed by atoms with E-state index in [4.69, 9.17) is 5.73 Å². The predicted molar refractivity (Wildman–Crippen MR) is 68.7 cm³/mol. The Morgan fingerprint density at radius 3 is 2.53 bits per heavy atom. The summed E-state index contributed by atoms with van der Waals surface area (Å²) in [6.07, 6.45) is 4.69. The molecule has 0 unspecified atom stereocenters. The number of amides is 1. The highest BCUT2D eigenvalue weighted by atomic mass is 16.2. The van der Waals surface area contributed by atoms with Crippen molar-refractivity contribution in [1.29, 1.82) is 0 Å². The minimum Gasteiger partial charge on any atom is -0.322 e. The van der Waals surface area contributed by atoms with Crippen LogP contribution in [-0.4, -0.2) is 21.2 Å². The molecule has 0 bridgehead atoms. The van der Waals surface area contributed by atoms with E-state index < -0.39 is 5.54 Å². The van der Waals surface area contributed by atoms with Gasteiger partial charge in [0, 0.05) is 12.2 Å². The molecule has 1 heterocycles. The summed E-state index contributed by atoms with van der Waals surface area (Å²) in [7, 11) is 0. The van der Waals surface area contributed by atoms with Gasteiger partial charge < -0.3 is 11.1 Å². The number of aromatic nitrogens is 2. The lowest BCUT2D eigenvalue weighted by Gasteiger charge is -2.24. The van der Waals surface area contributed by atoms with Crippen molar-refractivity contribution in [2.24, 2.45) is 5.73 Å². The maximum absolute atomic E-state index is 12.0. The zero-order valence-corrected chi connectivity index (χ0v) is 11.0. The molecule has 1 rings (SSSR count). The first-order valence-electron chi connectivity index (χ1n) is 6.07. The van der Waals surface area contributed by atoms with E-state index in [1.807, 2.05) is 33.9 Å². The van der Waals surface area contributed by atoms with Crippen molar-refractivity contribution in [2.45, 2.75) is 52.1 Å². The minimum atomic E-state index is -0.792. The Labute approximate surface area is 102 Å². The smallest absolute Gasteiger partial charge is 0.244 e. The lowest BCUT2D eigenvalue weighted by Crippen LogP contribution is -2.50. The van der Waals surface area contributed by atoms with Gasteiger partial charge in [-0.3, -0.25) is 9.48 Å². The summed E-state index contributed by atoms with van der Waals surface area (Å²) in [5, 5.41) is 6.98. The molecule has 0 aliphatic heterocycles. The average Bonchev–Trinajstić information content (AvgIpc) is 2.76. The van der Waals surface area contributed by atoms with Gasteiger partial charge in [0.2, 0.25) is 5.91 Å². The highest BCUT2D eigenvalue weighted by Crippen LogP contribution is 2.16. The van der Waals surface area contributed by atoms with Gasteiger partial charge in [0.1, 0.15) is 0 Å². The number of hydrogen-bond acceptors (Lipinski definition) is 3. The quantitative estimate of drug-likeness (QED) is 0.823. The van der Waals surface area contributed by atoms with Crippen LogP contribution in [0.25, 0.3) is 0 Å². The molecule has 5 heteroatoms. The van der Waals surface area contributed by atoms with E-state index in [9.17, 15) is 4.79 Å². The monoisotopic (exact) mass is 238 g/mol. The van der Waals surface area contributed by atoms with Gasteiger partial charge in [-0.05, 0) is 26.7 Å². The van der Waals surface area contributed by atoms with Gasteiger partial charge in [-0.1, -0.05) is 13.8 Å². The summed E-state index contributed by atoms with van der Waals surface area (Å²) >= 11 is 0. The Morgan fingerprint density at radius 1 is 1.53 bits per heavy atom. The van der Waals surface area contributed by atoms with Gasteiger partial charge in [-0.25, -0.2) is 0 Å². The third-order valence-corrected chi connectivity index (χ3v) is 3.10. The van der Waals surface area contributed by atoms with E-state index in [1.165, 1.54) is 0 Å². The van der Waals surface area contributed by atoms with E-state index in [2.05, 4.69) is 10.4 Å². The molecule has 0 atom stereocenters. The molecule has 0 aromatic carbocycles. The molecule has 96 valence electrons. The number of nitrogens with one attached hydrogen (secondary N) is 1. The Hall–Kier alpha value is -1.36. The summed E-state index contributed by atoms with van der Waals surface area (Å²) in [5.74, 6) is -0.147. The number of nitrogens with zero attached hydrogens (tertiary/aromatic N) is 2. The second-order valence-corrected chi connectivity index (χ2v) is 4.62. The molecular weight excluding hydrogens is 216 g/mol. The fourth-order valence-electron chi connectivity index (χ4n) is 1.51. The van der Waals surface area contributed by atoms with E-state index in [0.29, 0.717) is 18.5 Å². The molecule has 1 aromatic heterocycles. The predicted octanol–water partition coefficient (Wildman–Crippen LogP) is 1.92. The van der Waals surface area contributed by atoms with Gasteiger partial charge in [0.05, 0.1) is 17.4 Å². The molecule has 0 spiro atoms. The number of hydrogen-bond donors (Lipinski definition) is 2. The van der Waals surface area contributed by atoms with Crippen molar-refractivity contribution < 1.29 is 4.79 Å². The number of nitrogens with two attached hydrogens (primary N) is 1. The highest BCUT2D eigenvalue weighted by Gasteiger charge is 2.30. The summed E-state index contributed by atoms with van der Waals surface area (Å²) < 4.78 is 1.80. The third-order valence-electron chi connectivity index (χ3n) is 3.10. The van der Waals surface area contributed by atoms with Crippen LogP contribution in [0, 0.1) is 0 Å². The Bertz CT molecular complexity index is 380. The number of carbonyl (C=O) groups excluding carboxylic acids is 1. The zero-order valence-electron chi connectivity index (χ0n) is 11.0. The Kier molecular flexibility index (Phi) is 4.28. The molecule has 3 N–H and O–H groups in total. The normalized spacial score (nSPS) is 11.9. The second-order valence-electron chi connectivity index (χ2n) is 4.62. The number of anilines is 1. The Morgan fingerprint density at radius 2 is 2.12 bits per heavy atom. The molecule has 17 heavy (non-hydrogen) atoms. The fourth-order valence-corrected chi connectivity index (χ4v) is 1.51. The van der Waals surface area contributed by atoms with E-state index in [-0.39, 0.29) is 11.9 Å². The van der Waals surface area contributed by atoms with Crippen LogP contribution in [-0.2, 0) is 4.79 Å². The fraction of sp³-hybridized carbons (Fsp3) is 0.667.